The van der Waals surface area contributed by atoms with Crippen molar-refractivity contribution in [3.05, 3.63) is 39.7 Å². The molecule has 0 aliphatic heterocycles. The van der Waals surface area contributed by atoms with Crippen LogP contribution in [-0.2, 0) is 6.54 Å². The van der Waals surface area contributed by atoms with Gasteiger partial charge >= 0.3 is 0 Å². The second-order valence-electron chi connectivity index (χ2n) is 4.24. The van der Waals surface area contributed by atoms with E-state index < -0.39 is 0 Å². The van der Waals surface area contributed by atoms with Crippen LogP contribution < -0.4 is 10.1 Å². The van der Waals surface area contributed by atoms with Crippen molar-refractivity contribution in [2.75, 3.05) is 7.11 Å². The van der Waals surface area contributed by atoms with Crippen molar-refractivity contribution in [2.24, 2.45) is 0 Å². The number of methoxy groups -OCH3 is 1. The Labute approximate surface area is 119 Å². The van der Waals surface area contributed by atoms with Gasteiger partial charge in [0.15, 0.2) is 4.96 Å². The molecule has 3 aromatic heterocycles. The van der Waals surface area contributed by atoms with Gasteiger partial charge in [0.25, 0.3) is 0 Å². The summed E-state index contributed by atoms with van der Waals surface area (Å²) >= 11 is 3.39. The molecule has 0 aliphatic carbocycles. The third kappa shape index (κ3) is 2.39. The first-order chi connectivity index (χ1) is 9.29. The summed E-state index contributed by atoms with van der Waals surface area (Å²) in [6.07, 6.45) is 2.03. The van der Waals surface area contributed by atoms with E-state index in [2.05, 4.69) is 39.1 Å². The number of hydrogen-bond donors (Lipinski definition) is 1. The Hall–Kier alpha value is -1.37. The average molecular weight is 293 g/mol. The van der Waals surface area contributed by atoms with Gasteiger partial charge in [-0.2, -0.15) is 4.98 Å². The van der Waals surface area contributed by atoms with Gasteiger partial charge in [0, 0.05) is 29.0 Å². The van der Waals surface area contributed by atoms with Crippen LogP contribution in [0.5, 0.6) is 5.88 Å². The molecule has 0 aliphatic rings. The molecule has 0 fully saturated rings. The van der Waals surface area contributed by atoms with E-state index in [1.165, 1.54) is 4.88 Å². The van der Waals surface area contributed by atoms with Gasteiger partial charge in [-0.3, -0.25) is 4.40 Å². The van der Waals surface area contributed by atoms with Gasteiger partial charge in [-0.15, -0.1) is 22.7 Å². The molecule has 3 heterocycles. The molecule has 1 atom stereocenters. The maximum atomic E-state index is 5.35. The van der Waals surface area contributed by atoms with E-state index in [0.29, 0.717) is 11.9 Å². The van der Waals surface area contributed by atoms with Crippen LogP contribution in [0.25, 0.3) is 4.96 Å². The van der Waals surface area contributed by atoms with Gasteiger partial charge in [-0.05, 0) is 18.4 Å². The molecule has 0 spiro atoms. The number of nitrogens with zero attached hydrogens (tertiary/aromatic N) is 2. The molecule has 0 saturated heterocycles. The summed E-state index contributed by atoms with van der Waals surface area (Å²) in [4.78, 5) is 6.76. The van der Waals surface area contributed by atoms with Crippen LogP contribution in [-0.4, -0.2) is 16.5 Å². The molecular weight excluding hydrogens is 278 g/mol. The number of thiazole rings is 1. The number of nitrogens with one attached hydrogen (secondary N) is 1. The van der Waals surface area contributed by atoms with E-state index in [-0.39, 0.29) is 0 Å². The van der Waals surface area contributed by atoms with Gasteiger partial charge in [-0.25, -0.2) is 0 Å². The summed E-state index contributed by atoms with van der Waals surface area (Å²) < 4.78 is 7.43. The number of aromatic nitrogens is 2. The maximum Gasteiger partial charge on any atom is 0.237 e. The van der Waals surface area contributed by atoms with Crippen molar-refractivity contribution in [3.8, 4) is 5.88 Å². The van der Waals surface area contributed by atoms with Crippen molar-refractivity contribution < 1.29 is 4.74 Å². The first kappa shape index (κ1) is 12.7. The molecule has 0 radical (unpaired) electrons. The highest BCUT2D eigenvalue weighted by molar-refractivity contribution is 7.15. The zero-order valence-electron chi connectivity index (χ0n) is 10.8. The van der Waals surface area contributed by atoms with Crippen molar-refractivity contribution in [1.82, 2.24) is 14.7 Å². The van der Waals surface area contributed by atoms with E-state index in [1.807, 2.05) is 11.6 Å². The van der Waals surface area contributed by atoms with Crippen molar-refractivity contribution in [1.29, 1.82) is 0 Å². The number of rotatable bonds is 5. The highest BCUT2D eigenvalue weighted by Crippen LogP contribution is 2.24. The molecule has 0 saturated carbocycles. The highest BCUT2D eigenvalue weighted by atomic mass is 32.1. The zero-order valence-corrected chi connectivity index (χ0v) is 12.4. The normalized spacial score (nSPS) is 12.9. The Kier molecular flexibility index (Phi) is 3.54. The zero-order chi connectivity index (χ0) is 13.2. The molecule has 3 aromatic rings. The summed E-state index contributed by atoms with van der Waals surface area (Å²) in [6, 6.07) is 4.55. The minimum atomic E-state index is 0.328. The molecular formula is C13H15N3OS2. The maximum absolute atomic E-state index is 5.35. The SMILES string of the molecule is COc1nc2sccn2c1CN[C@H](C)c1cccs1. The predicted octanol–water partition coefficient (Wildman–Crippen LogP) is 3.32. The lowest BCUT2D eigenvalue weighted by Gasteiger charge is -2.12. The van der Waals surface area contributed by atoms with E-state index in [1.54, 1.807) is 29.8 Å². The summed E-state index contributed by atoms with van der Waals surface area (Å²) in [5.41, 5.74) is 1.07. The number of ether oxygens (including phenoxy) is 1. The van der Waals surface area contributed by atoms with E-state index >= 15 is 0 Å². The number of fused-ring (bicyclic) bond motifs is 1. The molecule has 1 N–H and O–H groups in total. The Morgan fingerprint density at radius 1 is 1.42 bits per heavy atom. The lowest BCUT2D eigenvalue weighted by atomic mass is 10.2. The molecule has 0 amide bonds. The fraction of sp³-hybridized carbons (Fsp3) is 0.308. The lowest BCUT2D eigenvalue weighted by Crippen LogP contribution is -2.18. The van der Waals surface area contributed by atoms with Crippen molar-refractivity contribution in [3.63, 3.8) is 0 Å². The third-order valence-electron chi connectivity index (χ3n) is 3.06. The molecule has 0 aromatic carbocycles. The minimum Gasteiger partial charge on any atom is -0.480 e. The van der Waals surface area contributed by atoms with Gasteiger partial charge in [-0.1, -0.05) is 6.07 Å². The first-order valence-electron chi connectivity index (χ1n) is 6.05. The predicted molar refractivity (Wildman–Crippen MR) is 79.2 cm³/mol. The van der Waals surface area contributed by atoms with Gasteiger partial charge in [0.1, 0.15) is 5.69 Å². The Balaban J connectivity index is 1.79. The largest absolute Gasteiger partial charge is 0.480 e. The Bertz CT molecular complexity index is 657. The second kappa shape index (κ2) is 5.32. The van der Waals surface area contributed by atoms with Crippen LogP contribution in [0.2, 0.25) is 0 Å². The third-order valence-corrected chi connectivity index (χ3v) is 4.87. The van der Waals surface area contributed by atoms with Crippen LogP contribution in [0.3, 0.4) is 0 Å². The minimum absolute atomic E-state index is 0.328. The first-order valence-corrected chi connectivity index (χ1v) is 7.80. The Morgan fingerprint density at radius 3 is 3.05 bits per heavy atom. The van der Waals surface area contributed by atoms with E-state index in [9.17, 15) is 0 Å². The van der Waals surface area contributed by atoms with Gasteiger partial charge in [0.05, 0.1) is 7.11 Å². The van der Waals surface area contributed by atoms with Crippen molar-refractivity contribution in [2.45, 2.75) is 19.5 Å². The van der Waals surface area contributed by atoms with E-state index in [0.717, 1.165) is 17.2 Å². The molecule has 0 bridgehead atoms. The summed E-state index contributed by atoms with van der Waals surface area (Å²) in [5, 5.41) is 7.66. The monoisotopic (exact) mass is 293 g/mol. The fourth-order valence-electron chi connectivity index (χ4n) is 2.03. The second-order valence-corrected chi connectivity index (χ2v) is 6.09. The van der Waals surface area contributed by atoms with E-state index in [4.69, 9.17) is 4.74 Å². The van der Waals surface area contributed by atoms with Crippen LogP contribution in [0.4, 0.5) is 0 Å². The van der Waals surface area contributed by atoms with Gasteiger partial charge in [0.2, 0.25) is 5.88 Å². The topological polar surface area (TPSA) is 38.6 Å². The smallest absolute Gasteiger partial charge is 0.237 e. The number of hydrogen-bond acceptors (Lipinski definition) is 5. The average Bonchev–Trinajstić information content (AvgIpc) is 3.12. The molecule has 4 nitrogen and oxygen atoms in total. The summed E-state index contributed by atoms with van der Waals surface area (Å²) in [7, 11) is 1.67. The van der Waals surface area contributed by atoms with Crippen LogP contribution in [0.1, 0.15) is 23.5 Å². The molecule has 3 rings (SSSR count). The fourth-order valence-corrected chi connectivity index (χ4v) is 3.51. The quantitative estimate of drug-likeness (QED) is 0.784. The number of thiophene rings is 1. The van der Waals surface area contributed by atoms with Crippen molar-refractivity contribution >= 4 is 27.6 Å². The molecule has 19 heavy (non-hydrogen) atoms. The molecule has 0 unspecified atom stereocenters. The van der Waals surface area contributed by atoms with Gasteiger partial charge < -0.3 is 10.1 Å². The number of imidazole rings is 1. The van der Waals surface area contributed by atoms with Crippen LogP contribution in [0, 0.1) is 0 Å². The summed E-state index contributed by atoms with van der Waals surface area (Å²) in [5.74, 6) is 0.706. The molecule has 100 valence electrons. The standard InChI is InChI=1S/C13H15N3OS2/c1-9(11-4-3-6-18-11)14-8-10-12(17-2)15-13-16(10)5-7-19-13/h3-7,9,14H,8H2,1-2H3/t9-/m1/s1. The lowest BCUT2D eigenvalue weighted by molar-refractivity contribution is 0.391. The highest BCUT2D eigenvalue weighted by Gasteiger charge is 2.15. The molecule has 6 heteroatoms. The van der Waals surface area contributed by atoms with Crippen LogP contribution in [0.15, 0.2) is 29.1 Å². The Morgan fingerprint density at radius 2 is 2.32 bits per heavy atom. The summed E-state index contributed by atoms with van der Waals surface area (Å²) in [6.45, 7) is 2.91. The van der Waals surface area contributed by atoms with Crippen LogP contribution >= 0.6 is 22.7 Å².